The van der Waals surface area contributed by atoms with E-state index in [9.17, 15) is 19.5 Å². The fraction of sp³-hybridized carbons (Fsp3) is 0.769. The lowest BCUT2D eigenvalue weighted by molar-refractivity contribution is -0.146. The Labute approximate surface area is 118 Å². The number of hydrogen-bond acceptors (Lipinski definition) is 3. The molecule has 0 saturated heterocycles. The summed E-state index contributed by atoms with van der Waals surface area (Å²) in [6.07, 6.45) is 2.47. The number of urea groups is 1. The summed E-state index contributed by atoms with van der Waals surface area (Å²) in [5.74, 6) is -0.663. The molecule has 0 aromatic heterocycles. The van der Waals surface area contributed by atoms with Crippen molar-refractivity contribution in [3.05, 3.63) is 0 Å². The predicted octanol–water partition coefficient (Wildman–Crippen LogP) is 0.455. The van der Waals surface area contributed by atoms with Gasteiger partial charge in [-0.1, -0.05) is 6.92 Å². The van der Waals surface area contributed by atoms with Gasteiger partial charge in [0.05, 0.1) is 0 Å². The number of aliphatic carboxylic acids is 1. The third-order valence-electron chi connectivity index (χ3n) is 3.67. The van der Waals surface area contributed by atoms with Crippen LogP contribution in [0.4, 0.5) is 4.79 Å². The van der Waals surface area contributed by atoms with E-state index in [1.54, 1.807) is 0 Å². The van der Waals surface area contributed by atoms with Gasteiger partial charge in [-0.05, 0) is 31.6 Å². The molecule has 0 bridgehead atoms. The van der Waals surface area contributed by atoms with E-state index < -0.39 is 17.5 Å². The van der Waals surface area contributed by atoms with Crippen molar-refractivity contribution in [3.63, 3.8) is 0 Å². The number of nitrogens with one attached hydrogen (secondary N) is 3. The Morgan fingerprint density at radius 3 is 2.20 bits per heavy atom. The minimum atomic E-state index is -1.16. The number of rotatable bonds is 5. The zero-order chi connectivity index (χ0) is 15.2. The highest BCUT2D eigenvalue weighted by atomic mass is 16.4. The first-order valence-electron chi connectivity index (χ1n) is 6.89. The van der Waals surface area contributed by atoms with Crippen molar-refractivity contribution in [2.75, 3.05) is 13.1 Å². The SMILES string of the molecule is CC(=O)NCCNC(=O)NC1(C(=O)O)CCC(C)CC1. The molecule has 0 heterocycles. The lowest BCUT2D eigenvalue weighted by Crippen LogP contribution is -2.59. The van der Waals surface area contributed by atoms with Crippen molar-refractivity contribution >= 4 is 17.9 Å². The highest BCUT2D eigenvalue weighted by Gasteiger charge is 2.42. The van der Waals surface area contributed by atoms with Crippen LogP contribution in [0.5, 0.6) is 0 Å². The maximum Gasteiger partial charge on any atom is 0.329 e. The van der Waals surface area contributed by atoms with Gasteiger partial charge in [0.1, 0.15) is 5.54 Å². The molecule has 114 valence electrons. The van der Waals surface area contributed by atoms with Crippen LogP contribution < -0.4 is 16.0 Å². The van der Waals surface area contributed by atoms with Crippen LogP contribution in [0.15, 0.2) is 0 Å². The summed E-state index contributed by atoms with van der Waals surface area (Å²) in [6.45, 7) is 4.05. The van der Waals surface area contributed by atoms with Gasteiger partial charge in [-0.3, -0.25) is 4.79 Å². The third kappa shape index (κ3) is 4.71. The molecule has 0 spiro atoms. The van der Waals surface area contributed by atoms with Crippen molar-refractivity contribution in [1.82, 2.24) is 16.0 Å². The molecule has 0 atom stereocenters. The van der Waals surface area contributed by atoms with E-state index in [0.717, 1.165) is 12.8 Å². The second-order valence-electron chi connectivity index (χ2n) is 5.43. The van der Waals surface area contributed by atoms with Crippen LogP contribution in [0.25, 0.3) is 0 Å². The normalized spacial score (nSPS) is 25.6. The number of hydrogen-bond donors (Lipinski definition) is 4. The summed E-state index contributed by atoms with van der Waals surface area (Å²) in [6, 6.07) is -0.507. The minimum Gasteiger partial charge on any atom is -0.480 e. The molecule has 0 aromatic carbocycles. The summed E-state index contributed by atoms with van der Waals surface area (Å²) in [5.41, 5.74) is -1.16. The molecule has 7 nitrogen and oxygen atoms in total. The van der Waals surface area contributed by atoms with Crippen LogP contribution in [0.1, 0.15) is 39.5 Å². The van der Waals surface area contributed by atoms with Gasteiger partial charge in [-0.15, -0.1) is 0 Å². The first kappa shape index (κ1) is 16.3. The average molecular weight is 285 g/mol. The van der Waals surface area contributed by atoms with Gasteiger partial charge in [0, 0.05) is 20.0 Å². The molecular weight excluding hydrogens is 262 g/mol. The second kappa shape index (κ2) is 7.12. The minimum absolute atomic E-state index is 0.171. The van der Waals surface area contributed by atoms with E-state index in [4.69, 9.17) is 0 Å². The van der Waals surface area contributed by atoms with Crippen LogP contribution in [-0.2, 0) is 9.59 Å². The lowest BCUT2D eigenvalue weighted by atomic mass is 9.77. The van der Waals surface area contributed by atoms with Gasteiger partial charge in [-0.25, -0.2) is 9.59 Å². The number of carbonyl (C=O) groups excluding carboxylic acids is 2. The molecule has 1 fully saturated rings. The molecule has 4 N–H and O–H groups in total. The highest BCUT2D eigenvalue weighted by Crippen LogP contribution is 2.32. The summed E-state index contributed by atoms with van der Waals surface area (Å²) in [4.78, 5) is 33.8. The van der Waals surface area contributed by atoms with Gasteiger partial charge in [0.2, 0.25) is 5.91 Å². The Hall–Kier alpha value is -1.79. The number of amides is 3. The van der Waals surface area contributed by atoms with Crippen LogP contribution in [0, 0.1) is 5.92 Å². The van der Waals surface area contributed by atoms with Gasteiger partial charge < -0.3 is 21.1 Å². The Bertz CT molecular complexity index is 376. The van der Waals surface area contributed by atoms with E-state index in [2.05, 4.69) is 22.9 Å². The summed E-state index contributed by atoms with van der Waals surface area (Å²) in [7, 11) is 0. The largest absolute Gasteiger partial charge is 0.480 e. The maximum atomic E-state index is 11.7. The number of carbonyl (C=O) groups is 3. The molecule has 1 aliphatic rings. The summed E-state index contributed by atoms with van der Waals surface area (Å²) >= 11 is 0. The zero-order valence-electron chi connectivity index (χ0n) is 12.0. The standard InChI is InChI=1S/C13H23N3O4/c1-9-3-5-13(6-4-9,11(18)19)16-12(20)15-8-7-14-10(2)17/h9H,3-8H2,1-2H3,(H,14,17)(H,18,19)(H2,15,16,20). The third-order valence-corrected chi connectivity index (χ3v) is 3.67. The van der Waals surface area contributed by atoms with Gasteiger partial charge in [0.25, 0.3) is 0 Å². The van der Waals surface area contributed by atoms with Crippen molar-refractivity contribution in [2.45, 2.75) is 45.1 Å². The first-order valence-corrected chi connectivity index (χ1v) is 6.89. The Kier molecular flexibility index (Phi) is 5.79. The van der Waals surface area contributed by atoms with Gasteiger partial charge in [-0.2, -0.15) is 0 Å². The van der Waals surface area contributed by atoms with Crippen molar-refractivity contribution in [1.29, 1.82) is 0 Å². The lowest BCUT2D eigenvalue weighted by Gasteiger charge is -2.36. The molecule has 0 aliphatic heterocycles. The molecule has 3 amide bonds. The maximum absolute atomic E-state index is 11.7. The van der Waals surface area contributed by atoms with Crippen molar-refractivity contribution in [2.24, 2.45) is 5.92 Å². The fourth-order valence-electron chi connectivity index (χ4n) is 2.32. The molecule has 0 radical (unpaired) electrons. The van der Waals surface area contributed by atoms with Crippen molar-refractivity contribution < 1.29 is 19.5 Å². The van der Waals surface area contributed by atoms with Gasteiger partial charge >= 0.3 is 12.0 Å². The highest BCUT2D eigenvalue weighted by molar-refractivity contribution is 5.86. The molecule has 1 aliphatic carbocycles. The van der Waals surface area contributed by atoms with E-state index in [-0.39, 0.29) is 12.5 Å². The molecule has 7 heteroatoms. The van der Waals surface area contributed by atoms with Crippen molar-refractivity contribution in [3.8, 4) is 0 Å². The predicted molar refractivity (Wildman–Crippen MR) is 73.2 cm³/mol. The van der Waals surface area contributed by atoms with E-state index >= 15 is 0 Å². The zero-order valence-corrected chi connectivity index (χ0v) is 12.0. The van der Waals surface area contributed by atoms with Crippen LogP contribution >= 0.6 is 0 Å². The molecule has 0 unspecified atom stereocenters. The topological polar surface area (TPSA) is 108 Å². The fourth-order valence-corrected chi connectivity index (χ4v) is 2.32. The number of carboxylic acids is 1. The van der Waals surface area contributed by atoms with Crippen LogP contribution in [-0.4, -0.2) is 41.6 Å². The quantitative estimate of drug-likeness (QED) is 0.550. The molecule has 20 heavy (non-hydrogen) atoms. The van der Waals surface area contributed by atoms with Gasteiger partial charge in [0.15, 0.2) is 0 Å². The van der Waals surface area contributed by atoms with E-state index in [1.165, 1.54) is 6.92 Å². The Morgan fingerprint density at radius 2 is 1.70 bits per heavy atom. The van der Waals surface area contributed by atoms with Crippen LogP contribution in [0.2, 0.25) is 0 Å². The summed E-state index contributed by atoms with van der Waals surface area (Å²) < 4.78 is 0. The molecule has 1 rings (SSSR count). The Balaban J connectivity index is 2.44. The molecule has 0 aromatic rings. The second-order valence-corrected chi connectivity index (χ2v) is 5.43. The summed E-state index contributed by atoms with van der Waals surface area (Å²) in [5, 5.41) is 17.0. The molecule has 1 saturated carbocycles. The smallest absolute Gasteiger partial charge is 0.329 e. The van der Waals surface area contributed by atoms with E-state index in [1.807, 2.05) is 0 Å². The monoisotopic (exact) mass is 285 g/mol. The Morgan fingerprint density at radius 1 is 1.15 bits per heavy atom. The average Bonchev–Trinajstić information content (AvgIpc) is 2.37. The van der Waals surface area contributed by atoms with Crippen LogP contribution in [0.3, 0.4) is 0 Å². The first-order chi connectivity index (χ1) is 9.35. The van der Waals surface area contributed by atoms with E-state index in [0.29, 0.717) is 25.3 Å². The number of carboxylic acid groups (broad SMARTS) is 1. The molecular formula is C13H23N3O4.